The van der Waals surface area contributed by atoms with Gasteiger partial charge in [-0.3, -0.25) is 4.79 Å². The number of amides is 1. The van der Waals surface area contributed by atoms with Gasteiger partial charge >= 0.3 is 0 Å². The Morgan fingerprint density at radius 1 is 1.25 bits per heavy atom. The summed E-state index contributed by atoms with van der Waals surface area (Å²) in [6, 6.07) is 5.74. The molecule has 2 aliphatic rings. The van der Waals surface area contributed by atoms with Crippen molar-refractivity contribution < 1.29 is 9.53 Å². The van der Waals surface area contributed by atoms with Crippen molar-refractivity contribution in [2.75, 3.05) is 32.8 Å². The molecule has 1 amide bonds. The Kier molecular flexibility index (Phi) is 8.07. The van der Waals surface area contributed by atoms with Crippen molar-refractivity contribution in [3.8, 4) is 5.82 Å². The Morgan fingerprint density at radius 2 is 2.16 bits per heavy atom. The number of piperidine rings is 1. The summed E-state index contributed by atoms with van der Waals surface area (Å²) in [5.74, 6) is 1.77. The summed E-state index contributed by atoms with van der Waals surface area (Å²) < 4.78 is 7.39. The topological polar surface area (TPSA) is 72.3 Å². The average molecular weight is 438 g/mol. The molecule has 0 bridgehead atoms. The van der Waals surface area contributed by atoms with Gasteiger partial charge in [-0.2, -0.15) is 5.10 Å². The second-order valence-corrected chi connectivity index (χ2v) is 9.07. The molecule has 2 aromatic rings. The van der Waals surface area contributed by atoms with Crippen molar-refractivity contribution in [2.24, 2.45) is 11.8 Å². The van der Waals surface area contributed by atoms with Gasteiger partial charge in [0.05, 0.1) is 18.8 Å². The van der Waals surface area contributed by atoms with Crippen LogP contribution in [-0.2, 0) is 4.74 Å². The van der Waals surface area contributed by atoms with Gasteiger partial charge in [0.15, 0.2) is 5.82 Å². The summed E-state index contributed by atoms with van der Waals surface area (Å²) in [6.45, 7) is 8.46. The Labute approximate surface area is 190 Å². The summed E-state index contributed by atoms with van der Waals surface area (Å²) in [4.78, 5) is 19.9. The zero-order valence-electron chi connectivity index (χ0n) is 18.9. The van der Waals surface area contributed by atoms with Crippen LogP contribution in [0, 0.1) is 11.8 Å². The van der Waals surface area contributed by atoms with E-state index in [1.807, 2.05) is 30.5 Å². The monoisotopic (exact) mass is 437 g/mol. The molecule has 0 radical (unpaired) electrons. The molecule has 1 saturated carbocycles. The van der Waals surface area contributed by atoms with E-state index in [0.29, 0.717) is 29.8 Å². The van der Waals surface area contributed by atoms with Gasteiger partial charge in [-0.15, -0.1) is 6.58 Å². The molecule has 2 aromatic heterocycles. The van der Waals surface area contributed by atoms with E-state index in [1.54, 1.807) is 17.1 Å². The third-order valence-electron chi connectivity index (χ3n) is 6.66. The first kappa shape index (κ1) is 22.7. The van der Waals surface area contributed by atoms with Crippen LogP contribution in [0.3, 0.4) is 0 Å². The van der Waals surface area contributed by atoms with Gasteiger partial charge in [0.2, 0.25) is 0 Å². The highest BCUT2D eigenvalue weighted by Crippen LogP contribution is 2.27. The molecule has 32 heavy (non-hydrogen) atoms. The van der Waals surface area contributed by atoms with Crippen LogP contribution in [0.2, 0.25) is 0 Å². The number of pyridine rings is 1. The van der Waals surface area contributed by atoms with Crippen LogP contribution >= 0.6 is 0 Å². The maximum Gasteiger partial charge on any atom is 0.253 e. The quantitative estimate of drug-likeness (QED) is 0.480. The zero-order valence-corrected chi connectivity index (χ0v) is 18.9. The molecule has 7 heteroatoms. The van der Waals surface area contributed by atoms with E-state index in [9.17, 15) is 4.79 Å². The van der Waals surface area contributed by atoms with Gasteiger partial charge in [-0.1, -0.05) is 18.9 Å². The van der Waals surface area contributed by atoms with Crippen molar-refractivity contribution >= 4 is 5.91 Å². The van der Waals surface area contributed by atoms with E-state index in [0.717, 1.165) is 32.7 Å². The molecule has 1 saturated heterocycles. The highest BCUT2D eigenvalue weighted by atomic mass is 16.5. The third-order valence-corrected chi connectivity index (χ3v) is 6.66. The number of aromatic nitrogens is 3. The molecule has 0 spiro atoms. The maximum atomic E-state index is 12.9. The number of nitrogens with zero attached hydrogens (tertiary/aromatic N) is 4. The SMILES string of the molecule is C=CCOC[C@@H]1CCCN(C[C@@H]2CCCC[C@H]2NC(=O)c2ccc(-n3cccn3)nc2)C1. The van der Waals surface area contributed by atoms with Crippen LogP contribution in [0.5, 0.6) is 0 Å². The molecule has 1 aliphatic heterocycles. The zero-order chi connectivity index (χ0) is 22.2. The molecule has 0 unspecified atom stereocenters. The summed E-state index contributed by atoms with van der Waals surface area (Å²) in [6.07, 6.45) is 14.1. The Balaban J connectivity index is 1.32. The number of likely N-dealkylation sites (tertiary alicyclic amines) is 1. The highest BCUT2D eigenvalue weighted by Gasteiger charge is 2.30. The normalized spacial score (nSPS) is 24.2. The summed E-state index contributed by atoms with van der Waals surface area (Å²) in [5, 5.41) is 7.50. The van der Waals surface area contributed by atoms with Crippen LogP contribution in [0.1, 0.15) is 48.9 Å². The number of hydrogen-bond donors (Lipinski definition) is 1. The predicted octanol–water partition coefficient (Wildman–Crippen LogP) is 3.47. The molecule has 1 aliphatic carbocycles. The standard InChI is InChI=1S/C25H35N5O2/c1-2-15-32-19-20-7-5-13-29(17-20)18-22-8-3-4-9-23(22)28-25(31)21-10-11-24(26-16-21)30-14-6-12-27-30/h2,6,10-12,14,16,20,22-23H,1,3-5,7-9,13,15,17-19H2,(H,28,31)/t20-,22+,23-/m1/s1. The minimum atomic E-state index is -0.0317. The van der Waals surface area contributed by atoms with Crippen LogP contribution in [-0.4, -0.2) is 64.5 Å². The van der Waals surface area contributed by atoms with E-state index < -0.39 is 0 Å². The Morgan fingerprint density at radius 3 is 2.94 bits per heavy atom. The highest BCUT2D eigenvalue weighted by molar-refractivity contribution is 5.94. The van der Waals surface area contributed by atoms with Gasteiger partial charge in [-0.25, -0.2) is 9.67 Å². The summed E-state index contributed by atoms with van der Waals surface area (Å²) in [7, 11) is 0. The number of carbonyl (C=O) groups is 1. The fourth-order valence-electron chi connectivity index (χ4n) is 5.03. The minimum Gasteiger partial charge on any atom is -0.377 e. The minimum absolute atomic E-state index is 0.0317. The first-order chi connectivity index (χ1) is 15.7. The molecule has 2 fully saturated rings. The average Bonchev–Trinajstić information content (AvgIpc) is 3.36. The van der Waals surface area contributed by atoms with Gasteiger partial charge in [0.1, 0.15) is 0 Å². The Bertz CT molecular complexity index is 852. The second-order valence-electron chi connectivity index (χ2n) is 9.07. The van der Waals surface area contributed by atoms with Gasteiger partial charge in [0.25, 0.3) is 5.91 Å². The molecular weight excluding hydrogens is 402 g/mol. The number of hydrogen-bond acceptors (Lipinski definition) is 5. The van der Waals surface area contributed by atoms with E-state index in [-0.39, 0.29) is 11.9 Å². The predicted molar refractivity (Wildman–Crippen MR) is 125 cm³/mol. The van der Waals surface area contributed by atoms with Crippen molar-refractivity contribution in [3.63, 3.8) is 0 Å². The number of nitrogens with one attached hydrogen (secondary N) is 1. The molecule has 3 atom stereocenters. The fraction of sp³-hybridized carbons (Fsp3) is 0.560. The molecule has 172 valence electrons. The van der Waals surface area contributed by atoms with Crippen molar-refractivity contribution in [3.05, 3.63) is 55.0 Å². The number of carbonyl (C=O) groups excluding carboxylic acids is 1. The van der Waals surface area contributed by atoms with Crippen LogP contribution in [0.25, 0.3) is 5.82 Å². The van der Waals surface area contributed by atoms with Gasteiger partial charge in [0, 0.05) is 37.7 Å². The van der Waals surface area contributed by atoms with Crippen molar-refractivity contribution in [2.45, 2.75) is 44.6 Å². The van der Waals surface area contributed by atoms with Crippen molar-refractivity contribution in [1.29, 1.82) is 0 Å². The van der Waals surface area contributed by atoms with Crippen LogP contribution < -0.4 is 5.32 Å². The van der Waals surface area contributed by atoms with Gasteiger partial charge < -0.3 is 15.0 Å². The second kappa shape index (κ2) is 11.4. The first-order valence-electron chi connectivity index (χ1n) is 11.9. The van der Waals surface area contributed by atoms with E-state index in [4.69, 9.17) is 4.74 Å². The summed E-state index contributed by atoms with van der Waals surface area (Å²) in [5.41, 5.74) is 0.600. The Hall–Kier alpha value is -2.51. The molecule has 7 nitrogen and oxygen atoms in total. The maximum absolute atomic E-state index is 12.9. The fourth-order valence-corrected chi connectivity index (χ4v) is 5.03. The number of rotatable bonds is 9. The molecule has 3 heterocycles. The third kappa shape index (κ3) is 6.04. The number of ether oxygens (including phenoxy) is 1. The lowest BCUT2D eigenvalue weighted by atomic mass is 9.83. The first-order valence-corrected chi connectivity index (χ1v) is 11.9. The molecular formula is C25H35N5O2. The lowest BCUT2D eigenvalue weighted by Crippen LogP contribution is -2.48. The summed E-state index contributed by atoms with van der Waals surface area (Å²) >= 11 is 0. The smallest absolute Gasteiger partial charge is 0.253 e. The molecule has 1 N–H and O–H groups in total. The van der Waals surface area contributed by atoms with Gasteiger partial charge in [-0.05, 0) is 62.3 Å². The van der Waals surface area contributed by atoms with E-state index in [1.165, 1.54) is 32.1 Å². The largest absolute Gasteiger partial charge is 0.377 e. The lowest BCUT2D eigenvalue weighted by molar-refractivity contribution is 0.0599. The molecule has 0 aromatic carbocycles. The van der Waals surface area contributed by atoms with Crippen molar-refractivity contribution in [1.82, 2.24) is 25.0 Å². The van der Waals surface area contributed by atoms with Crippen LogP contribution in [0.15, 0.2) is 49.4 Å². The van der Waals surface area contributed by atoms with Crippen LogP contribution in [0.4, 0.5) is 0 Å². The lowest BCUT2D eigenvalue weighted by Gasteiger charge is -2.39. The van der Waals surface area contributed by atoms with E-state index in [2.05, 4.69) is 26.9 Å². The molecule has 4 rings (SSSR count). The van der Waals surface area contributed by atoms with E-state index >= 15 is 0 Å².